The van der Waals surface area contributed by atoms with Crippen LogP contribution < -0.4 is 4.90 Å². The Balaban J connectivity index is 1.30. The number of carbonyl (C=O) groups is 1. The highest BCUT2D eigenvalue weighted by atomic mass is 19.4. The minimum atomic E-state index is -4.41. The predicted octanol–water partition coefficient (Wildman–Crippen LogP) is 4.78. The number of anilines is 1. The van der Waals surface area contributed by atoms with Crippen LogP contribution in [-0.4, -0.2) is 51.5 Å². The number of hydrogen-bond donors (Lipinski definition) is 0. The van der Waals surface area contributed by atoms with Crippen LogP contribution in [0.4, 0.5) is 19.0 Å². The molecule has 9 heteroatoms. The molecule has 3 heterocycles. The lowest BCUT2D eigenvalue weighted by molar-refractivity contribution is -0.137. The molecule has 1 amide bonds. The van der Waals surface area contributed by atoms with Gasteiger partial charge in [0.15, 0.2) is 0 Å². The fourth-order valence-electron chi connectivity index (χ4n) is 4.59. The number of para-hydroxylation sites is 2. The normalized spacial score (nSPS) is 14.8. The van der Waals surface area contributed by atoms with E-state index in [0.717, 1.165) is 34.7 Å². The standard InChI is InChI=1S/C27H26F3N5O/c28-27(29,30)21-11-12-24(31-18-21)33-13-6-14-34(16-15-33)26(36)19-35-23-10-5-4-9-22(23)32-25(35)17-20-7-2-1-3-8-20/h1-5,7-12,18H,6,13-17,19H2. The maximum absolute atomic E-state index is 13.4. The molecule has 0 radical (unpaired) electrons. The van der Waals surface area contributed by atoms with E-state index in [2.05, 4.69) is 4.98 Å². The Morgan fingerprint density at radius 1 is 0.889 bits per heavy atom. The molecule has 2 aromatic heterocycles. The Morgan fingerprint density at radius 2 is 1.67 bits per heavy atom. The van der Waals surface area contributed by atoms with Crippen LogP contribution >= 0.6 is 0 Å². The second kappa shape index (κ2) is 10.0. The first-order valence-electron chi connectivity index (χ1n) is 11.9. The Bertz CT molecular complexity index is 1340. The van der Waals surface area contributed by atoms with Crippen LogP contribution in [0.2, 0.25) is 0 Å². The molecular weight excluding hydrogens is 467 g/mol. The van der Waals surface area contributed by atoms with Crippen molar-refractivity contribution in [1.29, 1.82) is 0 Å². The minimum Gasteiger partial charge on any atom is -0.355 e. The van der Waals surface area contributed by atoms with E-state index in [1.165, 1.54) is 6.07 Å². The maximum Gasteiger partial charge on any atom is 0.417 e. The summed E-state index contributed by atoms with van der Waals surface area (Å²) in [5.41, 5.74) is 2.13. The van der Waals surface area contributed by atoms with Gasteiger partial charge in [0.2, 0.25) is 5.91 Å². The second-order valence-electron chi connectivity index (χ2n) is 8.89. The molecule has 5 rings (SSSR count). The maximum atomic E-state index is 13.4. The van der Waals surface area contributed by atoms with Crippen molar-refractivity contribution in [3.05, 3.63) is 89.9 Å². The molecule has 4 aromatic rings. The van der Waals surface area contributed by atoms with Crippen molar-refractivity contribution in [2.75, 3.05) is 31.1 Å². The number of nitrogens with zero attached hydrogens (tertiary/aromatic N) is 5. The molecule has 0 saturated carbocycles. The van der Waals surface area contributed by atoms with Crippen LogP contribution in [0.15, 0.2) is 72.9 Å². The highest BCUT2D eigenvalue weighted by molar-refractivity contribution is 5.81. The molecule has 36 heavy (non-hydrogen) atoms. The Labute approximate surface area is 207 Å². The topological polar surface area (TPSA) is 54.3 Å². The summed E-state index contributed by atoms with van der Waals surface area (Å²) in [5, 5.41) is 0. The third-order valence-electron chi connectivity index (χ3n) is 6.48. The van der Waals surface area contributed by atoms with Gasteiger partial charge in [-0.3, -0.25) is 4.79 Å². The molecule has 1 aliphatic heterocycles. The number of halogens is 3. The summed E-state index contributed by atoms with van der Waals surface area (Å²) >= 11 is 0. The fourth-order valence-corrected chi connectivity index (χ4v) is 4.59. The smallest absolute Gasteiger partial charge is 0.355 e. The molecule has 0 N–H and O–H groups in total. The first-order chi connectivity index (χ1) is 17.4. The van der Waals surface area contributed by atoms with Gasteiger partial charge >= 0.3 is 6.18 Å². The molecule has 1 saturated heterocycles. The van der Waals surface area contributed by atoms with Gasteiger partial charge < -0.3 is 14.4 Å². The molecule has 186 valence electrons. The van der Waals surface area contributed by atoms with Crippen molar-refractivity contribution >= 4 is 22.8 Å². The molecule has 1 aliphatic rings. The van der Waals surface area contributed by atoms with Crippen LogP contribution in [0.5, 0.6) is 0 Å². The van der Waals surface area contributed by atoms with Gasteiger partial charge in [0.05, 0.1) is 16.6 Å². The van der Waals surface area contributed by atoms with E-state index < -0.39 is 11.7 Å². The van der Waals surface area contributed by atoms with E-state index in [4.69, 9.17) is 4.98 Å². The molecule has 0 unspecified atom stereocenters. The Kier molecular flexibility index (Phi) is 6.63. The number of pyridine rings is 1. The van der Waals surface area contributed by atoms with Crippen LogP contribution in [0, 0.1) is 0 Å². The third kappa shape index (κ3) is 5.19. The van der Waals surface area contributed by atoms with E-state index in [1.807, 2.05) is 69.0 Å². The van der Waals surface area contributed by atoms with E-state index in [9.17, 15) is 18.0 Å². The van der Waals surface area contributed by atoms with E-state index in [1.54, 1.807) is 0 Å². The lowest BCUT2D eigenvalue weighted by atomic mass is 10.1. The zero-order valence-electron chi connectivity index (χ0n) is 19.7. The number of alkyl halides is 3. The molecule has 0 aliphatic carbocycles. The van der Waals surface area contributed by atoms with Gasteiger partial charge in [0, 0.05) is 38.8 Å². The van der Waals surface area contributed by atoms with Gasteiger partial charge in [-0.25, -0.2) is 9.97 Å². The van der Waals surface area contributed by atoms with Crippen molar-refractivity contribution in [3.63, 3.8) is 0 Å². The molecular formula is C27H26F3N5O. The summed E-state index contributed by atoms with van der Waals surface area (Å²) in [6, 6.07) is 20.3. The van der Waals surface area contributed by atoms with Gasteiger partial charge in [0.25, 0.3) is 0 Å². The monoisotopic (exact) mass is 493 g/mol. The summed E-state index contributed by atoms with van der Waals surface area (Å²) in [7, 11) is 0. The van der Waals surface area contributed by atoms with Crippen LogP contribution in [-0.2, 0) is 23.9 Å². The fraction of sp³-hybridized carbons (Fsp3) is 0.296. The predicted molar refractivity (Wildman–Crippen MR) is 132 cm³/mol. The number of hydrogen-bond acceptors (Lipinski definition) is 4. The molecule has 1 fully saturated rings. The molecule has 0 spiro atoms. The van der Waals surface area contributed by atoms with Crippen molar-refractivity contribution in [2.24, 2.45) is 0 Å². The highest BCUT2D eigenvalue weighted by Gasteiger charge is 2.31. The van der Waals surface area contributed by atoms with Crippen molar-refractivity contribution in [1.82, 2.24) is 19.4 Å². The number of amides is 1. The summed E-state index contributed by atoms with van der Waals surface area (Å²) in [4.78, 5) is 26.0. The molecule has 0 bridgehead atoms. The van der Waals surface area contributed by atoms with Crippen LogP contribution in [0.3, 0.4) is 0 Å². The van der Waals surface area contributed by atoms with Crippen molar-refractivity contribution in [3.8, 4) is 0 Å². The van der Waals surface area contributed by atoms with E-state index in [0.29, 0.717) is 44.8 Å². The minimum absolute atomic E-state index is 0.00491. The van der Waals surface area contributed by atoms with Gasteiger partial charge in [-0.1, -0.05) is 42.5 Å². The number of carbonyl (C=O) groups excluding carboxylic acids is 1. The SMILES string of the molecule is O=C(Cn1c(Cc2ccccc2)nc2ccccc21)N1CCCN(c2ccc(C(F)(F)F)cn2)CC1. The molecule has 2 aromatic carbocycles. The summed E-state index contributed by atoms with van der Waals surface area (Å²) < 4.78 is 40.6. The van der Waals surface area contributed by atoms with E-state index >= 15 is 0 Å². The Morgan fingerprint density at radius 3 is 2.42 bits per heavy atom. The third-order valence-corrected chi connectivity index (χ3v) is 6.48. The lowest BCUT2D eigenvalue weighted by Crippen LogP contribution is -2.37. The first kappa shape index (κ1) is 23.8. The van der Waals surface area contributed by atoms with Gasteiger partial charge in [-0.2, -0.15) is 13.2 Å². The van der Waals surface area contributed by atoms with E-state index in [-0.39, 0.29) is 12.5 Å². The number of imidazole rings is 1. The van der Waals surface area contributed by atoms with Gasteiger partial charge in [0.1, 0.15) is 18.2 Å². The van der Waals surface area contributed by atoms with Crippen LogP contribution in [0.1, 0.15) is 23.4 Å². The summed E-state index contributed by atoms with van der Waals surface area (Å²) in [5.74, 6) is 1.32. The second-order valence-corrected chi connectivity index (χ2v) is 8.89. The zero-order valence-corrected chi connectivity index (χ0v) is 19.7. The zero-order chi connectivity index (χ0) is 25.1. The average molecular weight is 494 g/mol. The summed E-state index contributed by atoms with van der Waals surface area (Å²) in [6.07, 6.45) is -2.22. The van der Waals surface area contributed by atoms with Crippen molar-refractivity contribution in [2.45, 2.75) is 25.6 Å². The van der Waals surface area contributed by atoms with Gasteiger partial charge in [-0.05, 0) is 36.2 Å². The number of fused-ring (bicyclic) bond motifs is 1. The number of rotatable bonds is 5. The lowest BCUT2D eigenvalue weighted by Gasteiger charge is -2.23. The summed E-state index contributed by atoms with van der Waals surface area (Å²) in [6.45, 7) is 2.36. The number of aromatic nitrogens is 3. The Hall–Kier alpha value is -3.88. The highest BCUT2D eigenvalue weighted by Crippen LogP contribution is 2.29. The average Bonchev–Trinajstić information content (AvgIpc) is 3.04. The largest absolute Gasteiger partial charge is 0.417 e. The first-order valence-corrected chi connectivity index (χ1v) is 11.9. The van der Waals surface area contributed by atoms with Crippen LogP contribution in [0.25, 0.3) is 11.0 Å². The quantitative estimate of drug-likeness (QED) is 0.402. The van der Waals surface area contributed by atoms with Gasteiger partial charge in [-0.15, -0.1) is 0 Å². The van der Waals surface area contributed by atoms with Crippen molar-refractivity contribution < 1.29 is 18.0 Å². The number of benzene rings is 2. The molecule has 6 nitrogen and oxygen atoms in total. The molecule has 0 atom stereocenters.